The summed E-state index contributed by atoms with van der Waals surface area (Å²) in [6.07, 6.45) is 2.63. The molecule has 25 heavy (non-hydrogen) atoms. The SMILES string of the molecule is CC(=[OH+])[CH-]C(=[OH+])c1ccccc1.CC(=[OH+])[CH-]C(=[OH+])c1ccccc1.[Hf]. The van der Waals surface area contributed by atoms with Crippen molar-refractivity contribution in [3.63, 3.8) is 0 Å². The molecule has 0 fully saturated rings. The first-order valence-corrected chi connectivity index (χ1v) is 7.37. The van der Waals surface area contributed by atoms with Crippen molar-refractivity contribution in [2.24, 2.45) is 0 Å². The maximum Gasteiger partial charge on any atom is 0.247 e. The summed E-state index contributed by atoms with van der Waals surface area (Å²) in [7, 11) is 0. The fourth-order valence-electron chi connectivity index (χ4n) is 1.78. The van der Waals surface area contributed by atoms with Gasteiger partial charge in [-0.3, -0.25) is 9.59 Å². The van der Waals surface area contributed by atoms with E-state index in [0.29, 0.717) is 11.1 Å². The van der Waals surface area contributed by atoms with Crippen LogP contribution in [0.25, 0.3) is 0 Å². The molecule has 0 aliphatic heterocycles. The molecule has 0 bridgehead atoms. The molecule has 0 spiro atoms. The minimum atomic E-state index is 0. The van der Waals surface area contributed by atoms with Gasteiger partial charge in [-0.1, -0.05) is 47.5 Å². The zero-order valence-electron chi connectivity index (χ0n) is 14.2. The molecule has 0 atom stereocenters. The molecule has 0 unspecified atom stereocenters. The van der Waals surface area contributed by atoms with Crippen LogP contribution in [0.4, 0.5) is 0 Å². The predicted octanol–water partition coefficient (Wildman–Crippen LogP) is 2.69. The van der Waals surface area contributed by atoms with Crippen LogP contribution in [0.2, 0.25) is 0 Å². The summed E-state index contributed by atoms with van der Waals surface area (Å²) in [4.78, 5) is 36.5. The van der Waals surface area contributed by atoms with Gasteiger partial charge in [-0.25, -0.2) is 0 Å². The molecule has 2 aromatic carbocycles. The molecule has 0 saturated heterocycles. The molecule has 4 nitrogen and oxygen atoms in total. The molecular weight excluding hydrogens is 483 g/mol. The van der Waals surface area contributed by atoms with Crippen molar-refractivity contribution in [1.29, 1.82) is 0 Å². The summed E-state index contributed by atoms with van der Waals surface area (Å²) >= 11 is 0. The van der Waals surface area contributed by atoms with E-state index in [9.17, 15) is 9.59 Å². The zero-order valence-corrected chi connectivity index (χ0v) is 17.8. The summed E-state index contributed by atoms with van der Waals surface area (Å²) in [6, 6.07) is 18.1. The molecule has 0 amide bonds. The smallest absolute Gasteiger partial charge is 0.247 e. The largest absolute Gasteiger partial charge is 0.313 e. The second-order valence-corrected chi connectivity index (χ2v) is 5.07. The van der Waals surface area contributed by atoms with Crippen molar-refractivity contribution in [2.45, 2.75) is 13.8 Å². The van der Waals surface area contributed by atoms with E-state index < -0.39 is 0 Å². The second kappa shape index (κ2) is 12.1. The molecule has 0 saturated carbocycles. The Kier molecular flexibility index (Phi) is 11.0. The van der Waals surface area contributed by atoms with Crippen molar-refractivity contribution < 1.29 is 45.0 Å². The fraction of sp³-hybridized carbons (Fsp3) is 0.100. The molecule has 0 aromatic heterocycles. The van der Waals surface area contributed by atoms with Gasteiger partial charge in [0.1, 0.15) is 0 Å². The van der Waals surface area contributed by atoms with Gasteiger partial charge in [0.25, 0.3) is 0 Å². The first kappa shape index (κ1) is 22.7. The Morgan fingerprint density at radius 1 is 0.600 bits per heavy atom. The molecule has 0 radical (unpaired) electrons. The van der Waals surface area contributed by atoms with Crippen molar-refractivity contribution in [2.75, 3.05) is 0 Å². The minimum Gasteiger partial charge on any atom is -0.313 e. The molecule has 4 N–H and O–H groups in total. The predicted molar refractivity (Wildman–Crippen MR) is 98.8 cm³/mol. The standard InChI is InChI=1S/2C10H9O2.Hf/c2*1-8(11)7-10(12)9-5-3-2-4-6-9;/h2*2-7H,1H3;/q2*-1;/p+4. The third-order valence-corrected chi connectivity index (χ3v) is 2.83. The summed E-state index contributed by atoms with van der Waals surface area (Å²) in [5, 5.41) is 0. The van der Waals surface area contributed by atoms with Gasteiger partial charge in [-0.2, -0.15) is 0 Å². The molecule has 2 aromatic rings. The summed E-state index contributed by atoms with van der Waals surface area (Å²) in [6.45, 7) is 3.03. The first-order chi connectivity index (χ1) is 11.4. The van der Waals surface area contributed by atoms with Crippen LogP contribution in [0.5, 0.6) is 0 Å². The second-order valence-electron chi connectivity index (χ2n) is 5.07. The summed E-state index contributed by atoms with van der Waals surface area (Å²) in [5.74, 6) is 0.346. The maximum absolute atomic E-state index is 9.37. The van der Waals surface area contributed by atoms with E-state index in [0.717, 1.165) is 0 Å². The van der Waals surface area contributed by atoms with Gasteiger partial charge in [0.05, 0.1) is 0 Å². The zero-order chi connectivity index (χ0) is 17.9. The number of hydrogen-bond acceptors (Lipinski definition) is 0. The van der Waals surface area contributed by atoms with Crippen LogP contribution in [0.3, 0.4) is 0 Å². The van der Waals surface area contributed by atoms with Gasteiger partial charge in [-0.05, 0) is 12.8 Å². The van der Waals surface area contributed by atoms with E-state index in [1.165, 1.54) is 26.7 Å². The molecule has 128 valence electrons. The van der Waals surface area contributed by atoms with Crippen LogP contribution < -0.4 is 0 Å². The Balaban J connectivity index is 0.000000443. The van der Waals surface area contributed by atoms with Crippen LogP contribution in [0, 0.1) is 12.8 Å². The van der Waals surface area contributed by atoms with Crippen molar-refractivity contribution >= 4 is 23.1 Å². The third-order valence-electron chi connectivity index (χ3n) is 2.83. The van der Waals surface area contributed by atoms with E-state index in [1.807, 2.05) is 36.4 Å². The normalized spacial score (nSPS) is 8.72. The van der Waals surface area contributed by atoms with Gasteiger partial charge in [0.15, 0.2) is 0 Å². The average Bonchev–Trinajstić information content (AvgIpc) is 2.56. The molecule has 0 heterocycles. The Bertz CT molecular complexity index is 645. The number of benzene rings is 2. The third kappa shape index (κ3) is 9.57. The quantitative estimate of drug-likeness (QED) is 0.190. The van der Waals surface area contributed by atoms with Gasteiger partial charge in [0, 0.05) is 39.7 Å². The Hall–Kier alpha value is -2.27. The Morgan fingerprint density at radius 2 is 0.880 bits per heavy atom. The maximum atomic E-state index is 9.37. The Morgan fingerprint density at radius 3 is 1.12 bits per heavy atom. The van der Waals surface area contributed by atoms with Crippen LogP contribution in [0.15, 0.2) is 60.7 Å². The molecule has 0 aliphatic rings. The van der Waals surface area contributed by atoms with E-state index in [4.69, 9.17) is 9.59 Å². The average molecular weight is 505 g/mol. The van der Waals surface area contributed by atoms with Gasteiger partial charge in [-0.15, -0.1) is 24.3 Å². The van der Waals surface area contributed by atoms with Crippen molar-refractivity contribution in [3.8, 4) is 0 Å². The number of ketones is 4. The monoisotopic (exact) mass is 506 g/mol. The van der Waals surface area contributed by atoms with Crippen LogP contribution in [-0.2, 0) is 25.8 Å². The molecule has 0 aliphatic carbocycles. The van der Waals surface area contributed by atoms with E-state index in [1.54, 1.807) is 24.3 Å². The first-order valence-electron chi connectivity index (χ1n) is 7.37. The van der Waals surface area contributed by atoms with Gasteiger partial charge < -0.3 is 9.59 Å². The number of rotatable bonds is 6. The topological polar surface area (TPSA) is 85.6 Å². The number of carbonyl (C=O) groups excluding carboxylic acids is 4. The van der Waals surface area contributed by atoms with Crippen LogP contribution in [0.1, 0.15) is 25.0 Å². The molecule has 5 heteroatoms. The summed E-state index contributed by atoms with van der Waals surface area (Å²) < 4.78 is 0. The minimum absolute atomic E-state index is 0. The Labute approximate surface area is 166 Å². The van der Waals surface area contributed by atoms with E-state index in [2.05, 4.69) is 0 Å². The van der Waals surface area contributed by atoms with Crippen LogP contribution >= 0.6 is 0 Å². The summed E-state index contributed by atoms with van der Waals surface area (Å²) in [5.41, 5.74) is 1.40. The number of hydrogen-bond donors (Lipinski definition) is 0. The molecule has 2 rings (SSSR count). The van der Waals surface area contributed by atoms with Crippen molar-refractivity contribution in [1.82, 2.24) is 0 Å². The van der Waals surface area contributed by atoms with E-state index >= 15 is 0 Å². The fourth-order valence-corrected chi connectivity index (χ4v) is 1.78. The van der Waals surface area contributed by atoms with Crippen molar-refractivity contribution in [3.05, 3.63) is 84.6 Å². The van der Waals surface area contributed by atoms with E-state index in [-0.39, 0.29) is 49.0 Å². The van der Waals surface area contributed by atoms with Gasteiger partial charge in [0.2, 0.25) is 23.1 Å². The van der Waals surface area contributed by atoms with Crippen LogP contribution in [-0.4, -0.2) is 42.3 Å². The van der Waals surface area contributed by atoms with Gasteiger partial charge >= 0.3 is 0 Å². The molecular formula is C20H22HfO4+2.